The third kappa shape index (κ3) is 4.36. The summed E-state index contributed by atoms with van der Waals surface area (Å²) in [6, 6.07) is 6.66. The second kappa shape index (κ2) is 6.05. The monoisotopic (exact) mass is 220 g/mol. The van der Waals surface area contributed by atoms with Crippen LogP contribution in [-0.4, -0.2) is 11.7 Å². The van der Waals surface area contributed by atoms with Crippen molar-refractivity contribution in [1.29, 1.82) is 0 Å². The molecule has 0 saturated carbocycles. The molecule has 16 heavy (non-hydrogen) atoms. The average Bonchev–Trinajstić information content (AvgIpc) is 2.14. The summed E-state index contributed by atoms with van der Waals surface area (Å²) in [5, 5.41) is 9.37. The third-order valence-corrected chi connectivity index (χ3v) is 2.87. The van der Waals surface area contributed by atoms with E-state index in [0.29, 0.717) is 18.4 Å². The molecule has 1 atom stereocenters. The molecule has 0 saturated heterocycles. The van der Waals surface area contributed by atoms with E-state index < -0.39 is 0 Å². The Morgan fingerprint density at radius 3 is 2.06 bits per heavy atom. The Labute approximate surface area is 99.5 Å². The van der Waals surface area contributed by atoms with Gasteiger partial charge in [-0.3, -0.25) is 0 Å². The smallest absolute Gasteiger partial charge is 0.0462 e. The van der Waals surface area contributed by atoms with Gasteiger partial charge in [-0.1, -0.05) is 43.2 Å². The van der Waals surface area contributed by atoms with Crippen molar-refractivity contribution < 1.29 is 5.11 Å². The predicted octanol–water partition coefficient (Wildman–Crippen LogP) is 3.50. The SMILES string of the molecule is Cc1cc(C)cc(CC(CO)CC(C)C)c1. The molecule has 1 aromatic rings. The molecule has 1 heteroatoms. The maximum Gasteiger partial charge on any atom is 0.0462 e. The van der Waals surface area contributed by atoms with E-state index in [1.54, 1.807) is 0 Å². The number of hydrogen-bond acceptors (Lipinski definition) is 1. The van der Waals surface area contributed by atoms with Gasteiger partial charge in [0.1, 0.15) is 0 Å². The van der Waals surface area contributed by atoms with Gasteiger partial charge in [-0.15, -0.1) is 0 Å². The summed E-state index contributed by atoms with van der Waals surface area (Å²) in [4.78, 5) is 0. The van der Waals surface area contributed by atoms with Crippen molar-refractivity contribution in [3.05, 3.63) is 34.9 Å². The zero-order valence-electron chi connectivity index (χ0n) is 11.0. The Hall–Kier alpha value is -0.820. The van der Waals surface area contributed by atoms with Crippen molar-refractivity contribution in [1.82, 2.24) is 0 Å². The molecule has 0 bridgehead atoms. The Bertz CT molecular complexity index is 308. The van der Waals surface area contributed by atoms with E-state index in [2.05, 4.69) is 45.9 Å². The molecule has 0 aliphatic rings. The summed E-state index contributed by atoms with van der Waals surface area (Å²) in [6.45, 7) is 8.99. The third-order valence-electron chi connectivity index (χ3n) is 2.87. The highest BCUT2D eigenvalue weighted by Gasteiger charge is 2.11. The van der Waals surface area contributed by atoms with Crippen LogP contribution in [0.1, 0.15) is 37.0 Å². The Morgan fingerprint density at radius 2 is 1.62 bits per heavy atom. The van der Waals surface area contributed by atoms with Crippen molar-refractivity contribution in [2.45, 2.75) is 40.5 Å². The van der Waals surface area contributed by atoms with Crippen molar-refractivity contribution in [3.63, 3.8) is 0 Å². The van der Waals surface area contributed by atoms with Gasteiger partial charge in [-0.2, -0.15) is 0 Å². The quantitative estimate of drug-likeness (QED) is 0.805. The standard InChI is InChI=1S/C15H24O/c1-11(2)5-15(10-16)9-14-7-12(3)6-13(4)8-14/h6-8,11,15-16H,5,9-10H2,1-4H3. The summed E-state index contributed by atoms with van der Waals surface area (Å²) >= 11 is 0. The van der Waals surface area contributed by atoms with Crippen LogP contribution in [0.4, 0.5) is 0 Å². The zero-order chi connectivity index (χ0) is 12.1. The second-order valence-electron chi connectivity index (χ2n) is 5.38. The van der Waals surface area contributed by atoms with Gasteiger partial charge in [0.05, 0.1) is 0 Å². The van der Waals surface area contributed by atoms with Crippen molar-refractivity contribution in [2.75, 3.05) is 6.61 Å². The van der Waals surface area contributed by atoms with E-state index in [1.165, 1.54) is 16.7 Å². The van der Waals surface area contributed by atoms with Crippen LogP contribution in [0.2, 0.25) is 0 Å². The number of aliphatic hydroxyl groups is 1. The number of hydrogen-bond donors (Lipinski definition) is 1. The van der Waals surface area contributed by atoms with Gasteiger partial charge in [0.2, 0.25) is 0 Å². The van der Waals surface area contributed by atoms with Crippen LogP contribution < -0.4 is 0 Å². The molecule has 1 N–H and O–H groups in total. The van der Waals surface area contributed by atoms with E-state index in [-0.39, 0.29) is 0 Å². The molecule has 0 spiro atoms. The van der Waals surface area contributed by atoms with Crippen LogP contribution >= 0.6 is 0 Å². The maximum atomic E-state index is 9.37. The van der Waals surface area contributed by atoms with Gasteiger partial charge in [0.25, 0.3) is 0 Å². The first-order valence-electron chi connectivity index (χ1n) is 6.19. The first-order chi connectivity index (χ1) is 7.51. The first kappa shape index (κ1) is 13.2. The molecule has 1 aromatic carbocycles. The van der Waals surface area contributed by atoms with Crippen LogP contribution in [0.5, 0.6) is 0 Å². The van der Waals surface area contributed by atoms with Crippen LogP contribution in [0.3, 0.4) is 0 Å². The van der Waals surface area contributed by atoms with Crippen LogP contribution in [0, 0.1) is 25.7 Å². The molecule has 0 aromatic heterocycles. The van der Waals surface area contributed by atoms with Crippen LogP contribution in [0.25, 0.3) is 0 Å². The molecule has 1 unspecified atom stereocenters. The fourth-order valence-electron chi connectivity index (χ4n) is 2.41. The first-order valence-corrected chi connectivity index (χ1v) is 6.19. The highest BCUT2D eigenvalue weighted by Crippen LogP contribution is 2.18. The summed E-state index contributed by atoms with van der Waals surface area (Å²) in [7, 11) is 0. The number of benzene rings is 1. The molecule has 0 aliphatic heterocycles. The number of aliphatic hydroxyl groups excluding tert-OH is 1. The fraction of sp³-hybridized carbons (Fsp3) is 0.600. The molecule has 1 nitrogen and oxygen atoms in total. The molecule has 1 rings (SSSR count). The van der Waals surface area contributed by atoms with Gasteiger partial charge in [0, 0.05) is 6.61 Å². The molecule has 0 heterocycles. The maximum absolute atomic E-state index is 9.37. The van der Waals surface area contributed by atoms with Gasteiger partial charge >= 0.3 is 0 Å². The summed E-state index contributed by atoms with van der Waals surface area (Å²) in [5.41, 5.74) is 3.99. The van der Waals surface area contributed by atoms with E-state index in [4.69, 9.17) is 0 Å². The molecular weight excluding hydrogens is 196 g/mol. The highest BCUT2D eigenvalue weighted by molar-refractivity contribution is 5.28. The van der Waals surface area contributed by atoms with Crippen molar-refractivity contribution in [2.24, 2.45) is 11.8 Å². The molecule has 0 amide bonds. The lowest BCUT2D eigenvalue weighted by molar-refractivity contribution is 0.205. The van der Waals surface area contributed by atoms with Gasteiger partial charge in [-0.05, 0) is 44.1 Å². The average molecular weight is 220 g/mol. The van der Waals surface area contributed by atoms with Crippen molar-refractivity contribution >= 4 is 0 Å². The van der Waals surface area contributed by atoms with Crippen LogP contribution in [-0.2, 0) is 6.42 Å². The van der Waals surface area contributed by atoms with E-state index in [9.17, 15) is 5.11 Å². The van der Waals surface area contributed by atoms with Crippen LogP contribution in [0.15, 0.2) is 18.2 Å². The van der Waals surface area contributed by atoms with Gasteiger partial charge in [-0.25, -0.2) is 0 Å². The number of rotatable bonds is 5. The Kier molecular flexibility index (Phi) is 5.01. The van der Waals surface area contributed by atoms with E-state index in [0.717, 1.165) is 12.8 Å². The lowest BCUT2D eigenvalue weighted by Crippen LogP contribution is -2.12. The summed E-state index contributed by atoms with van der Waals surface area (Å²) in [5.74, 6) is 1.06. The Morgan fingerprint density at radius 1 is 1.06 bits per heavy atom. The normalized spacial score (nSPS) is 13.1. The summed E-state index contributed by atoms with van der Waals surface area (Å²) < 4.78 is 0. The lowest BCUT2D eigenvalue weighted by atomic mass is 9.90. The minimum Gasteiger partial charge on any atom is -0.396 e. The molecular formula is C15H24O. The van der Waals surface area contributed by atoms with Gasteiger partial charge in [0.15, 0.2) is 0 Å². The largest absolute Gasteiger partial charge is 0.396 e. The minimum atomic E-state index is 0.297. The van der Waals surface area contributed by atoms with Gasteiger partial charge < -0.3 is 5.11 Å². The minimum absolute atomic E-state index is 0.297. The number of aryl methyl sites for hydroxylation is 2. The zero-order valence-corrected chi connectivity index (χ0v) is 11.0. The molecule has 0 radical (unpaired) electrons. The van der Waals surface area contributed by atoms with E-state index in [1.807, 2.05) is 0 Å². The second-order valence-corrected chi connectivity index (χ2v) is 5.38. The van der Waals surface area contributed by atoms with Crippen molar-refractivity contribution in [3.8, 4) is 0 Å². The van der Waals surface area contributed by atoms with E-state index >= 15 is 0 Å². The molecule has 0 aliphatic carbocycles. The molecule has 90 valence electrons. The fourth-order valence-corrected chi connectivity index (χ4v) is 2.41. The molecule has 0 fully saturated rings. The Balaban J connectivity index is 2.69. The predicted molar refractivity (Wildman–Crippen MR) is 69.7 cm³/mol. The highest BCUT2D eigenvalue weighted by atomic mass is 16.3. The lowest BCUT2D eigenvalue weighted by Gasteiger charge is -2.17. The summed E-state index contributed by atoms with van der Waals surface area (Å²) in [6.07, 6.45) is 2.10. The topological polar surface area (TPSA) is 20.2 Å².